The Morgan fingerprint density at radius 3 is 2.56 bits per heavy atom. The molecular formula is C19H19N5O. The molecule has 2 aromatic carbocycles. The van der Waals surface area contributed by atoms with Crippen LogP contribution in [-0.4, -0.2) is 34.0 Å². The molecular weight excluding hydrogens is 314 g/mol. The topological polar surface area (TPSA) is 66.2 Å². The zero-order valence-electron chi connectivity index (χ0n) is 14.1. The summed E-state index contributed by atoms with van der Waals surface area (Å²) in [6.45, 7) is 0. The summed E-state index contributed by atoms with van der Waals surface area (Å²) in [5.41, 5.74) is 3.81. The van der Waals surface area contributed by atoms with E-state index in [0.29, 0.717) is 5.95 Å². The van der Waals surface area contributed by atoms with Gasteiger partial charge in [0.25, 0.3) is 0 Å². The molecule has 0 aliphatic carbocycles. The summed E-state index contributed by atoms with van der Waals surface area (Å²) in [7, 11) is 4.04. The first-order valence-electron chi connectivity index (χ1n) is 8.07. The van der Waals surface area contributed by atoms with E-state index in [1.165, 1.54) is 6.33 Å². The Morgan fingerprint density at radius 1 is 1.08 bits per heavy atom. The number of phenolic OH excluding ortho intramolecular Hbond substituents is 1. The maximum Gasteiger partial charge on any atom is 0.226 e. The fourth-order valence-corrected chi connectivity index (χ4v) is 3.00. The van der Waals surface area contributed by atoms with Crippen LogP contribution in [0.2, 0.25) is 0 Å². The molecule has 0 spiro atoms. The summed E-state index contributed by atoms with van der Waals surface area (Å²) in [6.07, 6.45) is 3.59. The minimum absolute atomic E-state index is 0.0930. The lowest BCUT2D eigenvalue weighted by Gasteiger charge is -2.25. The largest absolute Gasteiger partial charge is 0.507 e. The molecule has 1 aliphatic heterocycles. The summed E-state index contributed by atoms with van der Waals surface area (Å²) in [6, 6.07) is 15.5. The van der Waals surface area contributed by atoms with Gasteiger partial charge in [-0.25, -0.2) is 4.68 Å². The van der Waals surface area contributed by atoms with Crippen molar-refractivity contribution in [1.29, 1.82) is 0 Å². The van der Waals surface area contributed by atoms with Crippen LogP contribution in [0.15, 0.2) is 60.9 Å². The van der Waals surface area contributed by atoms with E-state index in [2.05, 4.69) is 50.6 Å². The van der Waals surface area contributed by atoms with Crippen LogP contribution < -0.4 is 10.2 Å². The minimum atomic E-state index is -0.0930. The Morgan fingerprint density at radius 2 is 1.84 bits per heavy atom. The lowest BCUT2D eigenvalue weighted by Crippen LogP contribution is -2.20. The molecule has 6 heteroatoms. The van der Waals surface area contributed by atoms with Gasteiger partial charge in [0, 0.05) is 25.3 Å². The van der Waals surface area contributed by atoms with E-state index in [1.54, 1.807) is 6.07 Å². The zero-order valence-corrected chi connectivity index (χ0v) is 14.1. The number of para-hydroxylation sites is 1. The van der Waals surface area contributed by atoms with Crippen molar-refractivity contribution in [2.75, 3.05) is 24.3 Å². The van der Waals surface area contributed by atoms with Gasteiger partial charge in [-0.15, -0.1) is 0 Å². The number of anilines is 2. The van der Waals surface area contributed by atoms with Crippen molar-refractivity contribution in [2.24, 2.45) is 0 Å². The summed E-state index contributed by atoms with van der Waals surface area (Å²) in [5, 5.41) is 17.8. The molecule has 1 atom stereocenters. The Balaban J connectivity index is 1.78. The smallest absolute Gasteiger partial charge is 0.226 e. The molecule has 0 saturated heterocycles. The minimum Gasteiger partial charge on any atom is -0.507 e. The molecule has 0 radical (unpaired) electrons. The van der Waals surface area contributed by atoms with Crippen LogP contribution in [0.1, 0.15) is 17.2 Å². The standard InChI is InChI=1S/C19H19N5O/c1-23(2)14-9-7-13(8-10-14)17-11-16(15-5-3-4-6-18(15)25)22-19-20-12-21-24(17)19/h3-12,17,25H,1-2H3,(H,20,21,22)/t17-/m1/s1. The SMILES string of the molecule is CN(C)c1ccc([C@H]2C=C(c3ccccc3O)Nc3ncnn32)cc1. The first-order valence-corrected chi connectivity index (χ1v) is 8.07. The van der Waals surface area contributed by atoms with Crippen molar-refractivity contribution in [3.05, 3.63) is 72.1 Å². The summed E-state index contributed by atoms with van der Waals surface area (Å²) in [5.74, 6) is 0.887. The number of nitrogens with one attached hydrogen (secondary N) is 1. The van der Waals surface area contributed by atoms with Crippen LogP contribution in [0.5, 0.6) is 5.75 Å². The maximum atomic E-state index is 10.2. The first kappa shape index (κ1) is 15.3. The van der Waals surface area contributed by atoms with Crippen molar-refractivity contribution in [3.63, 3.8) is 0 Å². The van der Waals surface area contributed by atoms with E-state index >= 15 is 0 Å². The van der Waals surface area contributed by atoms with Crippen molar-refractivity contribution in [2.45, 2.75) is 6.04 Å². The Bertz CT molecular complexity index is 927. The van der Waals surface area contributed by atoms with Gasteiger partial charge in [-0.05, 0) is 35.9 Å². The monoisotopic (exact) mass is 333 g/mol. The first-order chi connectivity index (χ1) is 12.1. The van der Waals surface area contributed by atoms with Crippen LogP contribution in [0.25, 0.3) is 5.70 Å². The highest BCUT2D eigenvalue weighted by Crippen LogP contribution is 2.34. The average Bonchev–Trinajstić information content (AvgIpc) is 3.10. The zero-order chi connectivity index (χ0) is 17.4. The van der Waals surface area contributed by atoms with Gasteiger partial charge in [-0.1, -0.05) is 24.3 Å². The molecule has 0 saturated carbocycles. The van der Waals surface area contributed by atoms with E-state index in [0.717, 1.165) is 22.5 Å². The molecule has 2 heterocycles. The van der Waals surface area contributed by atoms with Crippen LogP contribution >= 0.6 is 0 Å². The number of hydrogen-bond donors (Lipinski definition) is 2. The summed E-state index contributed by atoms with van der Waals surface area (Å²) >= 11 is 0. The van der Waals surface area contributed by atoms with E-state index < -0.39 is 0 Å². The van der Waals surface area contributed by atoms with Gasteiger partial charge in [-0.2, -0.15) is 10.1 Å². The molecule has 3 aromatic rings. The number of aromatic hydroxyl groups is 1. The lowest BCUT2D eigenvalue weighted by molar-refractivity contribution is 0.473. The van der Waals surface area contributed by atoms with Gasteiger partial charge in [0.15, 0.2) is 0 Å². The van der Waals surface area contributed by atoms with Crippen molar-refractivity contribution >= 4 is 17.3 Å². The highest BCUT2D eigenvalue weighted by Gasteiger charge is 2.24. The van der Waals surface area contributed by atoms with Gasteiger partial charge in [0.05, 0.1) is 5.70 Å². The fourth-order valence-electron chi connectivity index (χ4n) is 3.00. The maximum absolute atomic E-state index is 10.2. The van der Waals surface area contributed by atoms with Crippen molar-refractivity contribution in [1.82, 2.24) is 14.8 Å². The van der Waals surface area contributed by atoms with Gasteiger partial charge < -0.3 is 15.3 Å². The number of fused-ring (bicyclic) bond motifs is 1. The number of nitrogens with zero attached hydrogens (tertiary/aromatic N) is 4. The number of hydrogen-bond acceptors (Lipinski definition) is 5. The second-order valence-electron chi connectivity index (χ2n) is 6.18. The molecule has 25 heavy (non-hydrogen) atoms. The van der Waals surface area contributed by atoms with E-state index in [-0.39, 0.29) is 11.8 Å². The number of aromatic nitrogens is 3. The number of allylic oxidation sites excluding steroid dienone is 1. The van der Waals surface area contributed by atoms with E-state index in [4.69, 9.17) is 0 Å². The third kappa shape index (κ3) is 2.71. The predicted octanol–water partition coefficient (Wildman–Crippen LogP) is 3.11. The Kier molecular flexibility index (Phi) is 3.65. The third-order valence-corrected chi connectivity index (χ3v) is 4.35. The third-order valence-electron chi connectivity index (χ3n) is 4.35. The predicted molar refractivity (Wildman–Crippen MR) is 98.6 cm³/mol. The molecule has 1 aliphatic rings. The van der Waals surface area contributed by atoms with Crippen LogP contribution in [0.3, 0.4) is 0 Å². The molecule has 126 valence electrons. The van der Waals surface area contributed by atoms with E-state index in [9.17, 15) is 5.11 Å². The van der Waals surface area contributed by atoms with Gasteiger partial charge >= 0.3 is 0 Å². The number of phenols is 1. The lowest BCUT2D eigenvalue weighted by atomic mass is 10.0. The van der Waals surface area contributed by atoms with Gasteiger partial charge in [-0.3, -0.25) is 0 Å². The molecule has 0 fully saturated rings. The summed E-state index contributed by atoms with van der Waals surface area (Å²) < 4.78 is 1.84. The summed E-state index contributed by atoms with van der Waals surface area (Å²) in [4.78, 5) is 6.36. The molecule has 2 N–H and O–H groups in total. The van der Waals surface area contributed by atoms with Gasteiger partial charge in [0.1, 0.15) is 18.1 Å². The Hall–Kier alpha value is -3.28. The molecule has 6 nitrogen and oxygen atoms in total. The number of benzene rings is 2. The molecule has 0 unspecified atom stereocenters. The quantitative estimate of drug-likeness (QED) is 0.771. The molecule has 0 bridgehead atoms. The number of rotatable bonds is 3. The highest BCUT2D eigenvalue weighted by atomic mass is 16.3. The second-order valence-corrected chi connectivity index (χ2v) is 6.18. The Labute approximate surface area is 146 Å². The van der Waals surface area contributed by atoms with E-state index in [1.807, 2.05) is 37.0 Å². The van der Waals surface area contributed by atoms with Gasteiger partial charge in [0.2, 0.25) is 5.95 Å². The van der Waals surface area contributed by atoms with Crippen molar-refractivity contribution < 1.29 is 5.11 Å². The van der Waals surface area contributed by atoms with Crippen molar-refractivity contribution in [3.8, 4) is 5.75 Å². The fraction of sp³-hybridized carbons (Fsp3) is 0.158. The highest BCUT2D eigenvalue weighted by molar-refractivity contribution is 5.80. The molecule has 0 amide bonds. The van der Waals surface area contributed by atoms with Crippen LogP contribution in [0.4, 0.5) is 11.6 Å². The normalized spacial score (nSPS) is 15.9. The molecule has 4 rings (SSSR count). The van der Waals surface area contributed by atoms with Crippen LogP contribution in [-0.2, 0) is 0 Å². The molecule has 1 aromatic heterocycles. The average molecular weight is 333 g/mol. The second kappa shape index (κ2) is 5.98. The van der Waals surface area contributed by atoms with Crippen LogP contribution in [0, 0.1) is 0 Å².